The summed E-state index contributed by atoms with van der Waals surface area (Å²) in [5.74, 6) is -0.330. The molecule has 2 aromatic rings. The number of ether oxygens (including phenoxy) is 1. The van der Waals surface area contributed by atoms with Gasteiger partial charge in [-0.15, -0.1) is 0 Å². The van der Waals surface area contributed by atoms with E-state index in [0.717, 1.165) is 42.0 Å². The molecule has 1 amide bonds. The summed E-state index contributed by atoms with van der Waals surface area (Å²) in [6, 6.07) is 11.4. The van der Waals surface area contributed by atoms with Gasteiger partial charge < -0.3 is 25.8 Å². The molecule has 0 spiro atoms. The molecule has 2 atom stereocenters. The summed E-state index contributed by atoms with van der Waals surface area (Å²) >= 11 is 0. The number of hydrogen-bond donors (Lipinski definition) is 4. The average molecular weight is 434 g/mol. The molecule has 2 aromatic carbocycles. The van der Waals surface area contributed by atoms with E-state index in [-0.39, 0.29) is 17.5 Å². The molecular formula is C25H27N3O4. The molecule has 7 heteroatoms. The summed E-state index contributed by atoms with van der Waals surface area (Å²) in [6.45, 7) is 3.77. The van der Waals surface area contributed by atoms with Gasteiger partial charge in [-0.1, -0.05) is 6.07 Å². The fourth-order valence-electron chi connectivity index (χ4n) is 4.88. The number of carboxylic acid groups (broad SMARTS) is 1. The van der Waals surface area contributed by atoms with Crippen molar-refractivity contribution in [2.45, 2.75) is 44.7 Å². The highest BCUT2D eigenvalue weighted by atomic mass is 16.5. The molecule has 2 unspecified atom stereocenters. The lowest BCUT2D eigenvalue weighted by Crippen LogP contribution is -2.23. The molecule has 4 N–H and O–H groups in total. The molecule has 1 fully saturated rings. The van der Waals surface area contributed by atoms with E-state index in [2.05, 4.69) is 22.0 Å². The molecule has 5 rings (SSSR count). The Bertz CT molecular complexity index is 1120. The quantitative estimate of drug-likeness (QED) is 0.519. The number of rotatable bonds is 6. The maximum atomic E-state index is 12.7. The van der Waals surface area contributed by atoms with Crippen molar-refractivity contribution in [2.75, 3.05) is 23.8 Å². The van der Waals surface area contributed by atoms with E-state index in [4.69, 9.17) is 4.74 Å². The molecule has 1 saturated heterocycles. The Balaban J connectivity index is 1.31. The van der Waals surface area contributed by atoms with Gasteiger partial charge in [-0.3, -0.25) is 4.79 Å². The Morgan fingerprint density at radius 2 is 2.06 bits per heavy atom. The number of nitrogens with one attached hydrogen (secondary N) is 3. The van der Waals surface area contributed by atoms with Gasteiger partial charge in [0, 0.05) is 28.6 Å². The summed E-state index contributed by atoms with van der Waals surface area (Å²) in [6.07, 6.45) is 4.25. The first-order valence-electron chi connectivity index (χ1n) is 11.1. The molecule has 7 nitrogen and oxygen atoms in total. The van der Waals surface area contributed by atoms with Crippen molar-refractivity contribution in [1.82, 2.24) is 5.32 Å². The zero-order valence-corrected chi connectivity index (χ0v) is 18.0. The van der Waals surface area contributed by atoms with Crippen LogP contribution in [0.3, 0.4) is 0 Å². The molecule has 0 aromatic heterocycles. The van der Waals surface area contributed by atoms with Crippen LogP contribution in [0.25, 0.3) is 5.57 Å². The number of hydrogen-bond acceptors (Lipinski definition) is 5. The highest BCUT2D eigenvalue weighted by molar-refractivity contribution is 6.32. The normalized spacial score (nSPS) is 22.7. The second-order valence-electron chi connectivity index (χ2n) is 8.73. The molecule has 3 heterocycles. The van der Waals surface area contributed by atoms with Crippen LogP contribution in [0.2, 0.25) is 0 Å². The standard InChI is InChI=1S/C25H27N3O4/c1-14(23-19-6-4-15(25(30)31)12-22(19)28-24(23)29)21-13-16-11-18(5-7-20(16)27-21)32-10-8-17-3-2-9-26-17/h4-7,11-12,17,21,26-27H,2-3,8-10,13H2,1H3,(H,28,29)(H,30,31)/b23-14-. The first-order valence-corrected chi connectivity index (χ1v) is 11.1. The summed E-state index contributed by atoms with van der Waals surface area (Å²) in [5, 5.41) is 19.0. The van der Waals surface area contributed by atoms with Crippen molar-refractivity contribution in [2.24, 2.45) is 0 Å². The smallest absolute Gasteiger partial charge is 0.335 e. The van der Waals surface area contributed by atoms with Crippen LogP contribution < -0.4 is 20.7 Å². The Kier molecular flexibility index (Phi) is 5.35. The molecule has 0 saturated carbocycles. The van der Waals surface area contributed by atoms with Crippen molar-refractivity contribution in [3.63, 3.8) is 0 Å². The fraction of sp³-hybridized carbons (Fsp3) is 0.360. The van der Waals surface area contributed by atoms with Gasteiger partial charge in [0.05, 0.1) is 18.2 Å². The van der Waals surface area contributed by atoms with E-state index in [1.165, 1.54) is 30.5 Å². The maximum absolute atomic E-state index is 12.7. The van der Waals surface area contributed by atoms with Gasteiger partial charge in [0.1, 0.15) is 5.75 Å². The van der Waals surface area contributed by atoms with Gasteiger partial charge in [0.2, 0.25) is 0 Å². The second-order valence-corrected chi connectivity index (χ2v) is 8.73. The van der Waals surface area contributed by atoms with E-state index < -0.39 is 5.97 Å². The first kappa shape index (κ1) is 20.6. The lowest BCUT2D eigenvalue weighted by molar-refractivity contribution is -0.110. The van der Waals surface area contributed by atoms with Crippen LogP contribution in [0.4, 0.5) is 11.4 Å². The largest absolute Gasteiger partial charge is 0.494 e. The SMILES string of the molecule is C/C(=C1/C(=O)Nc2cc(C(=O)O)ccc21)C1Cc2cc(OCCC3CCCN3)ccc2N1. The molecule has 0 aliphatic carbocycles. The third-order valence-corrected chi connectivity index (χ3v) is 6.66. The van der Waals surface area contributed by atoms with Crippen LogP contribution in [0.5, 0.6) is 5.75 Å². The van der Waals surface area contributed by atoms with Gasteiger partial charge in [0.15, 0.2) is 0 Å². The number of carboxylic acids is 1. The molecule has 3 aliphatic heterocycles. The van der Waals surface area contributed by atoms with Crippen LogP contribution in [0.15, 0.2) is 42.0 Å². The topological polar surface area (TPSA) is 99.7 Å². The van der Waals surface area contributed by atoms with Crippen LogP contribution in [0.1, 0.15) is 47.7 Å². The maximum Gasteiger partial charge on any atom is 0.335 e. The highest BCUT2D eigenvalue weighted by Gasteiger charge is 2.31. The third-order valence-electron chi connectivity index (χ3n) is 6.66. The van der Waals surface area contributed by atoms with E-state index in [0.29, 0.717) is 23.9 Å². The molecular weight excluding hydrogens is 406 g/mol. The molecule has 166 valence electrons. The average Bonchev–Trinajstić information content (AvgIpc) is 3.50. The number of carbonyl (C=O) groups excluding carboxylic acids is 1. The van der Waals surface area contributed by atoms with Crippen molar-refractivity contribution in [3.8, 4) is 5.75 Å². The van der Waals surface area contributed by atoms with E-state index >= 15 is 0 Å². The zero-order chi connectivity index (χ0) is 22.2. The lowest BCUT2D eigenvalue weighted by atomic mass is 9.94. The summed E-state index contributed by atoms with van der Waals surface area (Å²) in [5.41, 5.74) is 5.24. The Morgan fingerprint density at radius 3 is 2.84 bits per heavy atom. The third kappa shape index (κ3) is 3.84. The van der Waals surface area contributed by atoms with Gasteiger partial charge in [-0.2, -0.15) is 0 Å². The summed E-state index contributed by atoms with van der Waals surface area (Å²) in [7, 11) is 0. The highest BCUT2D eigenvalue weighted by Crippen LogP contribution is 2.39. The van der Waals surface area contributed by atoms with Crippen molar-refractivity contribution >= 4 is 28.8 Å². The van der Waals surface area contributed by atoms with Crippen molar-refractivity contribution in [1.29, 1.82) is 0 Å². The predicted octanol–water partition coefficient (Wildman–Crippen LogP) is 3.67. The summed E-state index contributed by atoms with van der Waals surface area (Å²) < 4.78 is 5.99. The van der Waals surface area contributed by atoms with Crippen LogP contribution in [-0.2, 0) is 11.2 Å². The fourth-order valence-corrected chi connectivity index (χ4v) is 4.88. The Labute approximate surface area is 186 Å². The van der Waals surface area contributed by atoms with Crippen LogP contribution in [-0.4, -0.2) is 42.2 Å². The van der Waals surface area contributed by atoms with Crippen LogP contribution in [0, 0.1) is 0 Å². The predicted molar refractivity (Wildman–Crippen MR) is 123 cm³/mol. The molecule has 0 bridgehead atoms. The molecule has 3 aliphatic rings. The minimum Gasteiger partial charge on any atom is -0.494 e. The Hall–Kier alpha value is -3.32. The minimum absolute atomic E-state index is 0.00575. The first-order chi connectivity index (χ1) is 15.5. The van der Waals surface area contributed by atoms with E-state index in [9.17, 15) is 14.7 Å². The van der Waals surface area contributed by atoms with E-state index in [1.807, 2.05) is 19.1 Å². The van der Waals surface area contributed by atoms with Crippen molar-refractivity contribution in [3.05, 3.63) is 58.7 Å². The zero-order valence-electron chi connectivity index (χ0n) is 18.0. The number of aromatic carboxylic acids is 1. The molecule has 32 heavy (non-hydrogen) atoms. The lowest BCUT2D eigenvalue weighted by Gasteiger charge is -2.14. The van der Waals surface area contributed by atoms with Gasteiger partial charge >= 0.3 is 5.97 Å². The number of fused-ring (bicyclic) bond motifs is 2. The Morgan fingerprint density at radius 1 is 1.19 bits per heavy atom. The van der Waals surface area contributed by atoms with Gasteiger partial charge in [-0.05, 0) is 80.6 Å². The van der Waals surface area contributed by atoms with Gasteiger partial charge in [0.25, 0.3) is 5.91 Å². The number of carbonyl (C=O) groups is 2. The minimum atomic E-state index is -1.01. The molecule has 0 radical (unpaired) electrons. The van der Waals surface area contributed by atoms with Crippen LogP contribution >= 0.6 is 0 Å². The number of anilines is 2. The van der Waals surface area contributed by atoms with Crippen molar-refractivity contribution < 1.29 is 19.4 Å². The summed E-state index contributed by atoms with van der Waals surface area (Å²) in [4.78, 5) is 23.9. The number of amides is 1. The monoisotopic (exact) mass is 433 g/mol. The van der Waals surface area contributed by atoms with E-state index in [1.54, 1.807) is 6.07 Å². The number of benzene rings is 2. The van der Waals surface area contributed by atoms with Gasteiger partial charge in [-0.25, -0.2) is 4.79 Å². The second kappa shape index (κ2) is 8.31.